The third kappa shape index (κ3) is 4.67. The standard InChI is InChI=1S/C18H21N5O4S2/c1-11-17(28-3)29-18(19-11)20-16(25)13-4-5-14(15(10-13)23(26)27)22-8-6-21(7-9-22)12(2)24/h4-5,10H,6-9H2,1-3H3,(H,19,20,25). The van der Waals surface area contributed by atoms with Gasteiger partial charge in [0.05, 0.1) is 14.8 Å². The topological polar surface area (TPSA) is 109 Å². The molecule has 3 rings (SSSR count). The van der Waals surface area contributed by atoms with Gasteiger partial charge in [-0.3, -0.25) is 25.0 Å². The number of aromatic nitrogens is 1. The van der Waals surface area contributed by atoms with Crippen molar-refractivity contribution in [2.75, 3.05) is 42.7 Å². The number of carbonyl (C=O) groups excluding carboxylic acids is 2. The lowest BCUT2D eigenvalue weighted by Gasteiger charge is -2.35. The fraction of sp³-hybridized carbons (Fsp3) is 0.389. The highest BCUT2D eigenvalue weighted by Crippen LogP contribution is 2.32. The lowest BCUT2D eigenvalue weighted by molar-refractivity contribution is -0.384. The molecule has 0 bridgehead atoms. The first-order valence-electron chi connectivity index (χ1n) is 8.91. The van der Waals surface area contributed by atoms with Crippen molar-refractivity contribution in [2.45, 2.75) is 18.1 Å². The van der Waals surface area contributed by atoms with E-state index >= 15 is 0 Å². The SMILES string of the molecule is CSc1sc(NC(=O)c2ccc(N3CCN(C(C)=O)CC3)c([N+](=O)[O-])c2)nc1C. The van der Waals surface area contributed by atoms with E-state index in [-0.39, 0.29) is 17.2 Å². The molecule has 0 atom stereocenters. The van der Waals surface area contributed by atoms with Gasteiger partial charge in [-0.2, -0.15) is 0 Å². The summed E-state index contributed by atoms with van der Waals surface area (Å²) >= 11 is 2.92. The highest BCUT2D eigenvalue weighted by atomic mass is 32.2. The van der Waals surface area contributed by atoms with Crippen LogP contribution in [-0.2, 0) is 4.79 Å². The molecule has 2 amide bonds. The average molecular weight is 436 g/mol. The molecule has 0 aliphatic carbocycles. The van der Waals surface area contributed by atoms with Crippen molar-refractivity contribution in [1.82, 2.24) is 9.88 Å². The minimum absolute atomic E-state index is 0.00628. The Balaban J connectivity index is 1.79. The molecular formula is C18H21N5O4S2. The maximum atomic E-state index is 12.6. The van der Waals surface area contributed by atoms with E-state index in [9.17, 15) is 19.7 Å². The highest BCUT2D eigenvalue weighted by Gasteiger charge is 2.26. The number of nitrogens with zero attached hydrogens (tertiary/aromatic N) is 4. The number of anilines is 2. The number of carbonyl (C=O) groups is 2. The lowest BCUT2D eigenvalue weighted by atomic mass is 10.1. The Hall–Kier alpha value is -2.66. The van der Waals surface area contributed by atoms with Crippen molar-refractivity contribution in [2.24, 2.45) is 0 Å². The van der Waals surface area contributed by atoms with Crippen LogP contribution in [0.5, 0.6) is 0 Å². The number of hydrogen-bond donors (Lipinski definition) is 1. The maximum Gasteiger partial charge on any atom is 0.293 e. The van der Waals surface area contributed by atoms with Crippen molar-refractivity contribution >= 4 is 51.4 Å². The third-order valence-corrected chi connectivity index (χ3v) is 6.94. The molecule has 2 heterocycles. The number of rotatable bonds is 5. The number of thiazole rings is 1. The minimum atomic E-state index is -0.483. The molecule has 11 heteroatoms. The van der Waals surface area contributed by atoms with Crippen molar-refractivity contribution in [3.63, 3.8) is 0 Å². The van der Waals surface area contributed by atoms with E-state index in [0.717, 1.165) is 9.90 Å². The van der Waals surface area contributed by atoms with E-state index in [2.05, 4.69) is 10.3 Å². The van der Waals surface area contributed by atoms with E-state index in [1.807, 2.05) is 18.1 Å². The minimum Gasteiger partial charge on any atom is -0.362 e. The summed E-state index contributed by atoms with van der Waals surface area (Å²) in [6, 6.07) is 4.46. The van der Waals surface area contributed by atoms with E-state index in [0.29, 0.717) is 37.0 Å². The molecule has 1 saturated heterocycles. The number of aryl methyl sites for hydroxylation is 1. The van der Waals surface area contributed by atoms with Crippen LogP contribution in [-0.4, -0.2) is 59.1 Å². The molecule has 1 aliphatic rings. The molecule has 0 saturated carbocycles. The van der Waals surface area contributed by atoms with Gasteiger partial charge in [0.2, 0.25) is 5.91 Å². The predicted octanol–water partition coefficient (Wildman–Crippen LogP) is 3.00. The van der Waals surface area contributed by atoms with Crippen molar-refractivity contribution < 1.29 is 14.5 Å². The summed E-state index contributed by atoms with van der Waals surface area (Å²) < 4.78 is 1.01. The third-order valence-electron chi connectivity index (χ3n) is 4.66. The Bertz CT molecular complexity index is 954. The maximum absolute atomic E-state index is 12.6. The Labute approximate surface area is 176 Å². The second-order valence-electron chi connectivity index (χ2n) is 6.50. The molecule has 9 nitrogen and oxygen atoms in total. The van der Waals surface area contributed by atoms with Gasteiger partial charge in [-0.25, -0.2) is 4.98 Å². The summed E-state index contributed by atoms with van der Waals surface area (Å²) in [5.41, 5.74) is 1.35. The van der Waals surface area contributed by atoms with Gasteiger partial charge < -0.3 is 9.80 Å². The summed E-state index contributed by atoms with van der Waals surface area (Å²) in [6.07, 6.45) is 1.93. The van der Waals surface area contributed by atoms with Gasteiger partial charge in [0.25, 0.3) is 11.6 Å². The zero-order valence-corrected chi connectivity index (χ0v) is 17.9. The lowest BCUT2D eigenvalue weighted by Crippen LogP contribution is -2.48. The molecule has 1 aromatic carbocycles. The summed E-state index contributed by atoms with van der Waals surface area (Å²) in [5.74, 6) is -0.448. The molecule has 29 heavy (non-hydrogen) atoms. The molecule has 1 aromatic heterocycles. The molecule has 1 fully saturated rings. The summed E-state index contributed by atoms with van der Waals surface area (Å²) in [7, 11) is 0. The van der Waals surface area contributed by atoms with Gasteiger partial charge in [-0.05, 0) is 25.3 Å². The van der Waals surface area contributed by atoms with Gasteiger partial charge in [0, 0.05) is 44.7 Å². The van der Waals surface area contributed by atoms with Crippen molar-refractivity contribution in [3.8, 4) is 0 Å². The second kappa shape index (κ2) is 8.78. The summed E-state index contributed by atoms with van der Waals surface area (Å²) in [5, 5.41) is 14.8. The predicted molar refractivity (Wildman–Crippen MR) is 114 cm³/mol. The molecule has 0 spiro atoms. The molecule has 1 N–H and O–H groups in total. The fourth-order valence-electron chi connectivity index (χ4n) is 3.14. The molecule has 0 radical (unpaired) electrons. The number of nitro benzene ring substituents is 1. The van der Waals surface area contributed by atoms with Gasteiger partial charge in [-0.1, -0.05) is 11.3 Å². The van der Waals surface area contributed by atoms with Crippen LogP contribution >= 0.6 is 23.1 Å². The number of hydrogen-bond acceptors (Lipinski definition) is 8. The Morgan fingerprint density at radius 1 is 1.28 bits per heavy atom. The monoisotopic (exact) mass is 435 g/mol. The van der Waals surface area contributed by atoms with E-state index in [4.69, 9.17) is 0 Å². The van der Waals surface area contributed by atoms with E-state index in [1.165, 1.54) is 24.3 Å². The number of piperazine rings is 1. The quantitative estimate of drug-likeness (QED) is 0.437. The van der Waals surface area contributed by atoms with Crippen molar-refractivity contribution in [1.29, 1.82) is 0 Å². The van der Waals surface area contributed by atoms with Crippen molar-refractivity contribution in [3.05, 3.63) is 39.6 Å². The Kier molecular flexibility index (Phi) is 6.38. The summed E-state index contributed by atoms with van der Waals surface area (Å²) in [6.45, 7) is 5.40. The average Bonchev–Trinajstić information content (AvgIpc) is 3.06. The Morgan fingerprint density at radius 2 is 1.97 bits per heavy atom. The van der Waals surface area contributed by atoms with E-state index in [1.54, 1.807) is 28.8 Å². The first-order chi connectivity index (χ1) is 13.8. The van der Waals surface area contributed by atoms with Crippen LogP contribution in [0.4, 0.5) is 16.5 Å². The highest BCUT2D eigenvalue weighted by molar-refractivity contribution is 8.00. The summed E-state index contributed by atoms with van der Waals surface area (Å²) in [4.78, 5) is 43.1. The van der Waals surface area contributed by atoms with Crippen LogP contribution in [0.3, 0.4) is 0 Å². The number of thioether (sulfide) groups is 1. The largest absolute Gasteiger partial charge is 0.362 e. The van der Waals surface area contributed by atoms with Crippen LogP contribution in [0.2, 0.25) is 0 Å². The second-order valence-corrected chi connectivity index (χ2v) is 8.58. The first kappa shape index (κ1) is 21.1. The van der Waals surface area contributed by atoms with Gasteiger partial charge in [0.1, 0.15) is 5.69 Å². The van der Waals surface area contributed by atoms with Crippen LogP contribution in [0.1, 0.15) is 23.0 Å². The number of nitrogens with one attached hydrogen (secondary N) is 1. The molecule has 2 aromatic rings. The van der Waals surface area contributed by atoms with Crippen LogP contribution in [0.25, 0.3) is 0 Å². The number of benzene rings is 1. The van der Waals surface area contributed by atoms with Gasteiger partial charge in [-0.15, -0.1) is 11.8 Å². The van der Waals surface area contributed by atoms with E-state index < -0.39 is 10.8 Å². The zero-order valence-electron chi connectivity index (χ0n) is 16.3. The molecule has 0 unspecified atom stereocenters. The number of nitro groups is 1. The molecular weight excluding hydrogens is 414 g/mol. The molecule has 154 valence electrons. The van der Waals surface area contributed by atoms with Crippen LogP contribution < -0.4 is 10.2 Å². The Morgan fingerprint density at radius 3 is 2.52 bits per heavy atom. The van der Waals surface area contributed by atoms with Gasteiger partial charge >= 0.3 is 0 Å². The van der Waals surface area contributed by atoms with Crippen LogP contribution in [0, 0.1) is 17.0 Å². The number of amides is 2. The fourth-order valence-corrected chi connectivity index (χ4v) is 4.74. The zero-order chi connectivity index (χ0) is 21.1. The smallest absolute Gasteiger partial charge is 0.293 e. The van der Waals surface area contributed by atoms with Gasteiger partial charge in [0.15, 0.2) is 5.13 Å². The normalized spacial score (nSPS) is 14.0. The molecule has 1 aliphatic heterocycles. The first-order valence-corrected chi connectivity index (χ1v) is 11.0. The van der Waals surface area contributed by atoms with Crippen LogP contribution in [0.15, 0.2) is 22.4 Å².